The second-order valence-corrected chi connectivity index (χ2v) is 3.46. The van der Waals surface area contributed by atoms with Gasteiger partial charge in [-0.05, 0) is 6.42 Å². The highest BCUT2D eigenvalue weighted by atomic mass is 16.4. The van der Waals surface area contributed by atoms with Crippen LogP contribution >= 0.6 is 0 Å². The molecule has 1 saturated heterocycles. The van der Waals surface area contributed by atoms with Gasteiger partial charge >= 0.3 is 6.09 Å². The average molecular weight is 215 g/mol. The molecule has 7 heteroatoms. The number of carbonyl (C=O) groups excluding carboxylic acids is 2. The number of carboxylic acid groups (broad SMARTS) is 1. The highest BCUT2D eigenvalue weighted by Crippen LogP contribution is 2.19. The van der Waals surface area contributed by atoms with Crippen LogP contribution in [0.15, 0.2) is 0 Å². The van der Waals surface area contributed by atoms with Crippen LogP contribution in [-0.4, -0.2) is 46.4 Å². The minimum atomic E-state index is -1.15. The van der Waals surface area contributed by atoms with E-state index in [4.69, 9.17) is 16.6 Å². The molecule has 0 aromatic rings. The number of hydrogen-bond acceptors (Lipinski definition) is 4. The summed E-state index contributed by atoms with van der Waals surface area (Å²) in [6, 6.07) is -1.72. The lowest BCUT2D eigenvalue weighted by Gasteiger charge is -2.38. The van der Waals surface area contributed by atoms with Crippen molar-refractivity contribution in [2.75, 3.05) is 6.54 Å². The summed E-state index contributed by atoms with van der Waals surface area (Å²) in [5, 5.41) is 8.66. The third kappa shape index (κ3) is 2.44. The zero-order valence-corrected chi connectivity index (χ0v) is 8.05. The highest BCUT2D eigenvalue weighted by Gasteiger charge is 2.39. The number of carbonyl (C=O) groups is 3. The highest BCUT2D eigenvalue weighted by molar-refractivity contribution is 5.95. The number of amides is 2. The topological polar surface area (TPSA) is 127 Å². The Morgan fingerprint density at radius 3 is 2.40 bits per heavy atom. The molecular formula is C8H13N3O4. The minimum absolute atomic E-state index is 0.247. The summed E-state index contributed by atoms with van der Waals surface area (Å²) in [6.07, 6.45) is -0.939. The van der Waals surface area contributed by atoms with Gasteiger partial charge in [0.15, 0.2) is 5.78 Å². The first-order valence-corrected chi connectivity index (χ1v) is 4.50. The van der Waals surface area contributed by atoms with E-state index in [2.05, 4.69) is 0 Å². The molecule has 0 saturated carbocycles. The van der Waals surface area contributed by atoms with E-state index in [1.54, 1.807) is 0 Å². The summed E-state index contributed by atoms with van der Waals surface area (Å²) >= 11 is 0. The Kier molecular flexibility index (Phi) is 3.25. The molecular weight excluding hydrogens is 202 g/mol. The molecule has 0 aromatic carbocycles. The Balaban J connectivity index is 2.53. The fourth-order valence-corrected chi connectivity index (χ4v) is 1.48. The van der Waals surface area contributed by atoms with Crippen molar-refractivity contribution in [2.24, 2.45) is 11.5 Å². The van der Waals surface area contributed by atoms with E-state index in [1.165, 1.54) is 0 Å². The van der Waals surface area contributed by atoms with E-state index >= 15 is 0 Å². The molecule has 2 amide bonds. The predicted octanol–water partition coefficient (Wildman–Crippen LogP) is -1.49. The van der Waals surface area contributed by atoms with Gasteiger partial charge in [-0.3, -0.25) is 14.5 Å². The zero-order chi connectivity index (χ0) is 11.6. The van der Waals surface area contributed by atoms with Gasteiger partial charge in [0.2, 0.25) is 5.91 Å². The smallest absolute Gasteiger partial charge is 0.407 e. The largest absolute Gasteiger partial charge is 0.465 e. The SMILES string of the molecule is NC(=O)CC(N)C(=O)C1CCN1C(=O)O. The van der Waals surface area contributed by atoms with Gasteiger partial charge in [0.1, 0.15) is 0 Å². The lowest BCUT2D eigenvalue weighted by atomic mass is 9.93. The van der Waals surface area contributed by atoms with Gasteiger partial charge in [0.25, 0.3) is 0 Å². The fourth-order valence-electron chi connectivity index (χ4n) is 1.48. The van der Waals surface area contributed by atoms with Gasteiger partial charge in [-0.15, -0.1) is 0 Å². The van der Waals surface area contributed by atoms with Crippen LogP contribution in [0.4, 0.5) is 4.79 Å². The summed E-state index contributed by atoms with van der Waals surface area (Å²) in [7, 11) is 0. The summed E-state index contributed by atoms with van der Waals surface area (Å²) in [5.74, 6) is -1.11. The van der Waals surface area contributed by atoms with Gasteiger partial charge in [-0.2, -0.15) is 0 Å². The molecule has 5 N–H and O–H groups in total. The van der Waals surface area contributed by atoms with Crippen molar-refractivity contribution in [1.82, 2.24) is 4.90 Å². The Morgan fingerprint density at radius 1 is 1.47 bits per heavy atom. The molecule has 2 atom stereocenters. The van der Waals surface area contributed by atoms with Gasteiger partial charge < -0.3 is 16.6 Å². The summed E-state index contributed by atoms with van der Waals surface area (Å²) in [6.45, 7) is 0.328. The Bertz CT molecular complexity index is 304. The van der Waals surface area contributed by atoms with Crippen molar-refractivity contribution in [3.63, 3.8) is 0 Å². The molecule has 1 heterocycles. The van der Waals surface area contributed by atoms with E-state index in [-0.39, 0.29) is 6.42 Å². The second kappa shape index (κ2) is 4.26. The lowest BCUT2D eigenvalue weighted by molar-refractivity contribution is -0.131. The molecule has 1 aliphatic rings. The Hall–Kier alpha value is -1.63. The molecule has 0 radical (unpaired) electrons. The number of Topliss-reactive ketones (excluding diaryl/α,β-unsaturated/α-hetero) is 1. The molecule has 0 aliphatic carbocycles. The van der Waals surface area contributed by atoms with Crippen LogP contribution in [0.5, 0.6) is 0 Å². The van der Waals surface area contributed by atoms with Crippen LogP contribution in [-0.2, 0) is 9.59 Å². The van der Waals surface area contributed by atoms with Gasteiger partial charge in [-0.1, -0.05) is 0 Å². The molecule has 7 nitrogen and oxygen atoms in total. The number of hydrogen-bond donors (Lipinski definition) is 3. The molecule has 0 aromatic heterocycles. The molecule has 1 aliphatic heterocycles. The molecule has 1 fully saturated rings. The fraction of sp³-hybridized carbons (Fsp3) is 0.625. The molecule has 2 unspecified atom stereocenters. The van der Waals surface area contributed by atoms with E-state index in [1.807, 2.05) is 0 Å². The predicted molar refractivity (Wildman–Crippen MR) is 49.9 cm³/mol. The maximum absolute atomic E-state index is 11.5. The Morgan fingerprint density at radius 2 is 2.07 bits per heavy atom. The number of primary amides is 1. The van der Waals surface area contributed by atoms with Crippen molar-refractivity contribution in [1.29, 1.82) is 0 Å². The monoisotopic (exact) mass is 215 g/mol. The van der Waals surface area contributed by atoms with Crippen molar-refractivity contribution < 1.29 is 19.5 Å². The van der Waals surface area contributed by atoms with Crippen molar-refractivity contribution in [3.05, 3.63) is 0 Å². The van der Waals surface area contributed by atoms with Crippen LogP contribution in [0.25, 0.3) is 0 Å². The first-order valence-electron chi connectivity index (χ1n) is 4.50. The Labute approximate surface area is 86.0 Å². The summed E-state index contributed by atoms with van der Waals surface area (Å²) < 4.78 is 0. The van der Waals surface area contributed by atoms with Crippen molar-refractivity contribution >= 4 is 17.8 Å². The van der Waals surface area contributed by atoms with Gasteiger partial charge in [0, 0.05) is 13.0 Å². The molecule has 15 heavy (non-hydrogen) atoms. The van der Waals surface area contributed by atoms with Crippen LogP contribution < -0.4 is 11.5 Å². The lowest BCUT2D eigenvalue weighted by Crippen LogP contribution is -2.58. The van der Waals surface area contributed by atoms with E-state index in [0.717, 1.165) is 4.90 Å². The third-order valence-electron chi connectivity index (χ3n) is 2.38. The average Bonchev–Trinajstić information content (AvgIpc) is 1.99. The number of likely N-dealkylation sites (tertiary alicyclic amines) is 1. The van der Waals surface area contributed by atoms with Gasteiger partial charge in [0.05, 0.1) is 12.1 Å². The van der Waals surface area contributed by atoms with Crippen LogP contribution in [0.2, 0.25) is 0 Å². The van der Waals surface area contributed by atoms with E-state index < -0.39 is 29.9 Å². The summed E-state index contributed by atoms with van der Waals surface area (Å²) in [4.78, 5) is 33.6. The third-order valence-corrected chi connectivity index (χ3v) is 2.38. The van der Waals surface area contributed by atoms with Crippen LogP contribution in [0, 0.1) is 0 Å². The maximum atomic E-state index is 11.5. The van der Waals surface area contributed by atoms with Gasteiger partial charge in [-0.25, -0.2) is 4.79 Å². The number of nitrogens with two attached hydrogens (primary N) is 2. The molecule has 84 valence electrons. The van der Waals surface area contributed by atoms with Crippen molar-refractivity contribution in [2.45, 2.75) is 24.9 Å². The van der Waals surface area contributed by atoms with Crippen LogP contribution in [0.1, 0.15) is 12.8 Å². The molecule has 1 rings (SSSR count). The first-order chi connectivity index (χ1) is 6.93. The second-order valence-electron chi connectivity index (χ2n) is 3.46. The quantitative estimate of drug-likeness (QED) is 0.526. The normalized spacial score (nSPS) is 21.7. The maximum Gasteiger partial charge on any atom is 0.407 e. The minimum Gasteiger partial charge on any atom is -0.465 e. The molecule has 0 spiro atoms. The van der Waals surface area contributed by atoms with Crippen molar-refractivity contribution in [3.8, 4) is 0 Å². The number of rotatable bonds is 4. The van der Waals surface area contributed by atoms with Crippen LogP contribution in [0.3, 0.4) is 0 Å². The van der Waals surface area contributed by atoms with E-state index in [9.17, 15) is 14.4 Å². The standard InChI is InChI=1S/C8H13N3O4/c9-4(3-6(10)12)7(13)5-1-2-11(5)8(14)15/h4-5H,1-3,9H2,(H2,10,12)(H,14,15). The number of nitrogens with zero attached hydrogens (tertiary/aromatic N) is 1. The first kappa shape index (κ1) is 11.4. The molecule has 0 bridgehead atoms. The zero-order valence-electron chi connectivity index (χ0n) is 8.05. The summed E-state index contributed by atoms with van der Waals surface area (Å²) in [5.41, 5.74) is 10.3. The number of ketones is 1. The van der Waals surface area contributed by atoms with E-state index in [0.29, 0.717) is 13.0 Å².